The van der Waals surface area contributed by atoms with E-state index in [0.29, 0.717) is 10.4 Å². The van der Waals surface area contributed by atoms with E-state index in [9.17, 15) is 22.8 Å². The highest BCUT2D eigenvalue weighted by molar-refractivity contribution is 7.12. The largest absolute Gasteiger partial charge is 0.416 e. The van der Waals surface area contributed by atoms with E-state index in [2.05, 4.69) is 10.6 Å². The molecule has 1 atom stereocenters. The summed E-state index contributed by atoms with van der Waals surface area (Å²) in [4.78, 5) is 25.0. The highest BCUT2D eigenvalue weighted by atomic mass is 32.1. The Bertz CT molecular complexity index is 741. The molecular formula is C18H19F3N2O2S. The zero-order valence-electron chi connectivity index (χ0n) is 14.3. The molecule has 1 heterocycles. The van der Waals surface area contributed by atoms with Crippen molar-refractivity contribution < 1.29 is 22.8 Å². The maximum atomic E-state index is 12.6. The fraction of sp³-hybridized carbons (Fsp3) is 0.333. The molecule has 2 aromatic rings. The van der Waals surface area contributed by atoms with Gasteiger partial charge in [0, 0.05) is 6.54 Å². The molecule has 0 saturated heterocycles. The first-order valence-corrected chi connectivity index (χ1v) is 8.84. The molecule has 0 bridgehead atoms. The van der Waals surface area contributed by atoms with Crippen molar-refractivity contribution in [3.63, 3.8) is 0 Å². The van der Waals surface area contributed by atoms with Crippen LogP contribution in [-0.4, -0.2) is 17.9 Å². The van der Waals surface area contributed by atoms with Gasteiger partial charge in [0.15, 0.2) is 0 Å². The maximum absolute atomic E-state index is 12.6. The van der Waals surface area contributed by atoms with Crippen LogP contribution in [0, 0.1) is 5.92 Å². The number of amides is 2. The van der Waals surface area contributed by atoms with Gasteiger partial charge in [-0.2, -0.15) is 13.2 Å². The number of nitrogens with one attached hydrogen (secondary N) is 2. The zero-order chi connectivity index (χ0) is 19.3. The second kappa shape index (κ2) is 8.35. The Balaban J connectivity index is 1.96. The second-order valence-corrected chi connectivity index (χ2v) is 7.03. The van der Waals surface area contributed by atoms with Gasteiger partial charge in [0.05, 0.1) is 10.4 Å². The van der Waals surface area contributed by atoms with Gasteiger partial charge < -0.3 is 10.6 Å². The fourth-order valence-electron chi connectivity index (χ4n) is 2.27. The molecule has 2 amide bonds. The van der Waals surface area contributed by atoms with Crippen LogP contribution in [-0.2, 0) is 17.5 Å². The Morgan fingerprint density at radius 3 is 2.27 bits per heavy atom. The van der Waals surface area contributed by atoms with Crippen molar-refractivity contribution >= 4 is 23.2 Å². The van der Waals surface area contributed by atoms with Crippen molar-refractivity contribution in [2.45, 2.75) is 32.6 Å². The quantitative estimate of drug-likeness (QED) is 0.795. The molecule has 1 aromatic carbocycles. The summed E-state index contributed by atoms with van der Waals surface area (Å²) in [5.41, 5.74) is -0.200. The highest BCUT2D eigenvalue weighted by Gasteiger charge is 2.30. The van der Waals surface area contributed by atoms with Gasteiger partial charge in [-0.3, -0.25) is 9.59 Å². The van der Waals surface area contributed by atoms with Gasteiger partial charge in [0.2, 0.25) is 5.91 Å². The minimum absolute atomic E-state index is 0.0784. The van der Waals surface area contributed by atoms with Crippen LogP contribution >= 0.6 is 11.3 Å². The normalized spacial score (nSPS) is 12.7. The van der Waals surface area contributed by atoms with Crippen LogP contribution < -0.4 is 10.6 Å². The summed E-state index contributed by atoms with van der Waals surface area (Å²) in [7, 11) is 0. The van der Waals surface area contributed by atoms with Gasteiger partial charge in [0.1, 0.15) is 6.04 Å². The Hall–Kier alpha value is -2.35. The van der Waals surface area contributed by atoms with Crippen molar-refractivity contribution in [3.8, 4) is 0 Å². The number of carbonyl (C=O) groups is 2. The number of rotatable bonds is 6. The zero-order valence-corrected chi connectivity index (χ0v) is 15.1. The molecule has 1 aromatic heterocycles. The Labute approximate surface area is 153 Å². The number of hydrogen-bond donors (Lipinski definition) is 2. The summed E-state index contributed by atoms with van der Waals surface area (Å²) in [6.07, 6.45) is -4.39. The van der Waals surface area contributed by atoms with Crippen LogP contribution in [0.2, 0.25) is 0 Å². The third-order valence-electron chi connectivity index (χ3n) is 3.73. The molecule has 0 radical (unpaired) electrons. The Morgan fingerprint density at radius 1 is 1.12 bits per heavy atom. The third kappa shape index (κ3) is 5.32. The van der Waals surface area contributed by atoms with E-state index in [4.69, 9.17) is 0 Å². The van der Waals surface area contributed by atoms with Gasteiger partial charge in [-0.15, -0.1) is 11.3 Å². The minimum atomic E-state index is -4.39. The van der Waals surface area contributed by atoms with Crippen LogP contribution in [0.3, 0.4) is 0 Å². The molecule has 0 aliphatic carbocycles. The van der Waals surface area contributed by atoms with E-state index in [-0.39, 0.29) is 24.3 Å². The Morgan fingerprint density at radius 2 is 1.77 bits per heavy atom. The predicted molar refractivity (Wildman–Crippen MR) is 93.7 cm³/mol. The first-order chi connectivity index (χ1) is 12.2. The summed E-state index contributed by atoms with van der Waals surface area (Å²) in [5.74, 6) is -0.861. The molecule has 4 nitrogen and oxygen atoms in total. The number of benzene rings is 1. The van der Waals surface area contributed by atoms with Gasteiger partial charge in [-0.1, -0.05) is 32.0 Å². The lowest BCUT2D eigenvalue weighted by molar-refractivity contribution is -0.137. The average Bonchev–Trinajstić information content (AvgIpc) is 3.11. The third-order valence-corrected chi connectivity index (χ3v) is 4.60. The molecule has 0 aliphatic rings. The molecule has 26 heavy (non-hydrogen) atoms. The van der Waals surface area contributed by atoms with Crippen LogP contribution in [0.1, 0.15) is 34.6 Å². The SMILES string of the molecule is CC(C)C(NC(=O)c1cccs1)C(=O)NCc1ccc(C(F)(F)F)cc1. The summed E-state index contributed by atoms with van der Waals surface area (Å²) in [5, 5.41) is 7.12. The number of alkyl halides is 3. The molecule has 0 spiro atoms. The lowest BCUT2D eigenvalue weighted by atomic mass is 10.0. The Kier molecular flexibility index (Phi) is 6.42. The second-order valence-electron chi connectivity index (χ2n) is 6.08. The molecule has 0 saturated carbocycles. The first kappa shape index (κ1) is 20.0. The van der Waals surface area contributed by atoms with E-state index in [1.54, 1.807) is 31.4 Å². The average molecular weight is 384 g/mol. The lowest BCUT2D eigenvalue weighted by Gasteiger charge is -2.21. The molecule has 8 heteroatoms. The summed E-state index contributed by atoms with van der Waals surface area (Å²) >= 11 is 1.27. The van der Waals surface area contributed by atoms with Crippen LogP contribution in [0.15, 0.2) is 41.8 Å². The lowest BCUT2D eigenvalue weighted by Crippen LogP contribution is -2.49. The number of thiophene rings is 1. The van der Waals surface area contributed by atoms with E-state index >= 15 is 0 Å². The van der Waals surface area contributed by atoms with Gasteiger partial charge in [-0.25, -0.2) is 0 Å². The van der Waals surface area contributed by atoms with E-state index in [1.807, 2.05) is 0 Å². The fourth-order valence-corrected chi connectivity index (χ4v) is 2.89. The topological polar surface area (TPSA) is 58.2 Å². The summed E-state index contributed by atoms with van der Waals surface area (Å²) in [6.45, 7) is 3.68. The highest BCUT2D eigenvalue weighted by Crippen LogP contribution is 2.29. The van der Waals surface area contributed by atoms with Crippen LogP contribution in [0.25, 0.3) is 0 Å². The van der Waals surface area contributed by atoms with Crippen molar-refractivity contribution in [1.82, 2.24) is 10.6 Å². The minimum Gasteiger partial charge on any atom is -0.350 e. The number of carbonyl (C=O) groups excluding carboxylic acids is 2. The van der Waals surface area contributed by atoms with Crippen molar-refractivity contribution in [2.75, 3.05) is 0 Å². The van der Waals surface area contributed by atoms with Crippen LogP contribution in [0.4, 0.5) is 13.2 Å². The first-order valence-electron chi connectivity index (χ1n) is 7.96. The van der Waals surface area contributed by atoms with Crippen molar-refractivity contribution in [3.05, 3.63) is 57.8 Å². The van der Waals surface area contributed by atoms with Gasteiger partial charge in [-0.05, 0) is 35.1 Å². The maximum Gasteiger partial charge on any atom is 0.416 e. The number of hydrogen-bond acceptors (Lipinski definition) is 3. The summed E-state index contributed by atoms with van der Waals surface area (Å²) in [6, 6.07) is 7.25. The van der Waals surface area contributed by atoms with Gasteiger partial charge >= 0.3 is 6.18 Å². The molecular weight excluding hydrogens is 365 g/mol. The molecule has 2 N–H and O–H groups in total. The molecule has 0 fully saturated rings. The van der Waals surface area contributed by atoms with E-state index in [1.165, 1.54) is 23.5 Å². The smallest absolute Gasteiger partial charge is 0.350 e. The predicted octanol–water partition coefficient (Wildman–Crippen LogP) is 3.84. The molecule has 2 rings (SSSR count). The number of halogens is 3. The van der Waals surface area contributed by atoms with Crippen molar-refractivity contribution in [2.24, 2.45) is 5.92 Å². The van der Waals surface area contributed by atoms with Crippen LogP contribution in [0.5, 0.6) is 0 Å². The molecule has 1 unspecified atom stereocenters. The van der Waals surface area contributed by atoms with Gasteiger partial charge in [0.25, 0.3) is 5.91 Å². The van der Waals surface area contributed by atoms with E-state index < -0.39 is 17.8 Å². The molecule has 0 aliphatic heterocycles. The standard InChI is InChI=1S/C18H19F3N2O2S/c1-11(2)15(23-16(24)14-4-3-9-26-14)17(25)22-10-12-5-7-13(8-6-12)18(19,20)21/h3-9,11,15H,10H2,1-2H3,(H,22,25)(H,23,24). The molecule has 140 valence electrons. The summed E-state index contributed by atoms with van der Waals surface area (Å²) < 4.78 is 37.7. The van der Waals surface area contributed by atoms with E-state index in [0.717, 1.165) is 12.1 Å². The van der Waals surface area contributed by atoms with Crippen molar-refractivity contribution in [1.29, 1.82) is 0 Å². The monoisotopic (exact) mass is 384 g/mol.